The van der Waals surface area contributed by atoms with Gasteiger partial charge in [0, 0.05) is 32.6 Å². The van der Waals surface area contributed by atoms with Crippen LogP contribution in [0, 0.1) is 11.3 Å². The molecular formula is C7H15N3O. The molecule has 0 aliphatic heterocycles. The highest BCUT2D eigenvalue weighted by Crippen LogP contribution is 1.68. The first kappa shape index (κ1) is 10.4. The summed E-state index contributed by atoms with van der Waals surface area (Å²) in [6.07, 6.45) is 0.556. The number of nitrogens with zero attached hydrogens (tertiary/aromatic N) is 1. The zero-order chi connectivity index (χ0) is 8.36. The third-order valence-corrected chi connectivity index (χ3v) is 1.18. The summed E-state index contributed by atoms with van der Waals surface area (Å²) in [6, 6.07) is 2.05. The highest BCUT2D eigenvalue weighted by Gasteiger charge is 1.85. The number of aliphatic hydroxyl groups excluding tert-OH is 1. The van der Waals surface area contributed by atoms with E-state index in [1.807, 2.05) is 6.07 Å². The molecule has 0 heterocycles. The number of rotatable bonds is 7. The third-order valence-electron chi connectivity index (χ3n) is 1.18. The molecule has 0 aliphatic carbocycles. The van der Waals surface area contributed by atoms with Crippen LogP contribution in [0.15, 0.2) is 0 Å². The number of nitriles is 1. The van der Waals surface area contributed by atoms with Crippen molar-refractivity contribution in [1.82, 2.24) is 10.6 Å². The van der Waals surface area contributed by atoms with Crippen LogP contribution in [0.1, 0.15) is 6.42 Å². The Kier molecular flexibility index (Phi) is 8.83. The molecule has 0 saturated carbocycles. The van der Waals surface area contributed by atoms with Gasteiger partial charge in [-0.15, -0.1) is 0 Å². The summed E-state index contributed by atoms with van der Waals surface area (Å²) in [5, 5.41) is 22.6. The van der Waals surface area contributed by atoms with Crippen LogP contribution < -0.4 is 10.6 Å². The van der Waals surface area contributed by atoms with E-state index in [1.54, 1.807) is 0 Å². The average Bonchev–Trinajstić information content (AvgIpc) is 2.03. The van der Waals surface area contributed by atoms with Crippen LogP contribution in [0.2, 0.25) is 0 Å². The van der Waals surface area contributed by atoms with Crippen molar-refractivity contribution in [3.63, 3.8) is 0 Å². The topological polar surface area (TPSA) is 68.1 Å². The fraction of sp³-hybridized carbons (Fsp3) is 0.857. The molecule has 3 N–H and O–H groups in total. The highest BCUT2D eigenvalue weighted by atomic mass is 16.3. The van der Waals surface area contributed by atoms with E-state index < -0.39 is 0 Å². The summed E-state index contributed by atoms with van der Waals surface area (Å²) in [5.74, 6) is 0. The van der Waals surface area contributed by atoms with Gasteiger partial charge in [0.25, 0.3) is 0 Å². The van der Waals surface area contributed by atoms with Gasteiger partial charge >= 0.3 is 0 Å². The van der Waals surface area contributed by atoms with Gasteiger partial charge in [-0.1, -0.05) is 0 Å². The van der Waals surface area contributed by atoms with Crippen molar-refractivity contribution in [2.24, 2.45) is 0 Å². The molecule has 0 fully saturated rings. The minimum atomic E-state index is 0.179. The van der Waals surface area contributed by atoms with E-state index in [1.165, 1.54) is 0 Å². The number of aliphatic hydroxyl groups is 1. The average molecular weight is 157 g/mol. The summed E-state index contributed by atoms with van der Waals surface area (Å²) >= 11 is 0. The third kappa shape index (κ3) is 9.37. The Labute approximate surface area is 67.2 Å². The Morgan fingerprint density at radius 1 is 1.09 bits per heavy atom. The molecule has 0 saturated heterocycles. The number of nitrogens with one attached hydrogen (secondary N) is 2. The molecule has 64 valence electrons. The van der Waals surface area contributed by atoms with Crippen molar-refractivity contribution in [1.29, 1.82) is 5.26 Å². The minimum Gasteiger partial charge on any atom is -0.395 e. The molecule has 0 aromatic carbocycles. The van der Waals surface area contributed by atoms with Crippen molar-refractivity contribution in [3.05, 3.63) is 0 Å². The SMILES string of the molecule is N#CCCNCCNCCO. The van der Waals surface area contributed by atoms with Crippen molar-refractivity contribution in [2.45, 2.75) is 6.42 Å². The summed E-state index contributed by atoms with van der Waals surface area (Å²) < 4.78 is 0. The first-order valence-corrected chi connectivity index (χ1v) is 3.81. The second-order valence-electron chi connectivity index (χ2n) is 2.13. The van der Waals surface area contributed by atoms with Crippen LogP contribution >= 0.6 is 0 Å². The first-order chi connectivity index (χ1) is 5.41. The molecule has 0 amide bonds. The molecule has 4 nitrogen and oxygen atoms in total. The Bertz CT molecular complexity index is 111. The van der Waals surface area contributed by atoms with Gasteiger partial charge in [0.05, 0.1) is 12.7 Å². The van der Waals surface area contributed by atoms with Gasteiger partial charge in [-0.2, -0.15) is 5.26 Å². The second-order valence-corrected chi connectivity index (χ2v) is 2.13. The molecule has 0 unspecified atom stereocenters. The van der Waals surface area contributed by atoms with Gasteiger partial charge < -0.3 is 15.7 Å². The lowest BCUT2D eigenvalue weighted by molar-refractivity contribution is 0.292. The van der Waals surface area contributed by atoms with Crippen LogP contribution in [0.25, 0.3) is 0 Å². The van der Waals surface area contributed by atoms with Gasteiger partial charge in [-0.05, 0) is 0 Å². The predicted octanol–water partition coefficient (Wildman–Crippen LogP) is -0.928. The van der Waals surface area contributed by atoms with E-state index in [2.05, 4.69) is 10.6 Å². The molecular weight excluding hydrogens is 142 g/mol. The molecule has 11 heavy (non-hydrogen) atoms. The van der Waals surface area contributed by atoms with Gasteiger partial charge in [-0.25, -0.2) is 0 Å². The van der Waals surface area contributed by atoms with Crippen molar-refractivity contribution >= 4 is 0 Å². The predicted molar refractivity (Wildman–Crippen MR) is 43.1 cm³/mol. The van der Waals surface area contributed by atoms with Gasteiger partial charge in [0.15, 0.2) is 0 Å². The fourth-order valence-electron chi connectivity index (χ4n) is 0.650. The van der Waals surface area contributed by atoms with E-state index >= 15 is 0 Å². The summed E-state index contributed by atoms with van der Waals surface area (Å²) in [7, 11) is 0. The normalized spacial score (nSPS) is 9.45. The number of hydrogen-bond acceptors (Lipinski definition) is 4. The van der Waals surface area contributed by atoms with E-state index in [0.717, 1.165) is 19.6 Å². The molecule has 0 aromatic heterocycles. The molecule has 0 aromatic rings. The monoisotopic (exact) mass is 157 g/mol. The molecule has 0 radical (unpaired) electrons. The quantitative estimate of drug-likeness (QED) is 0.418. The lowest BCUT2D eigenvalue weighted by atomic mass is 10.4. The molecule has 0 spiro atoms. The van der Waals surface area contributed by atoms with Crippen molar-refractivity contribution < 1.29 is 5.11 Å². The summed E-state index contributed by atoms with van der Waals surface area (Å²) in [5.41, 5.74) is 0. The summed E-state index contributed by atoms with van der Waals surface area (Å²) in [4.78, 5) is 0. The van der Waals surface area contributed by atoms with Gasteiger partial charge in [0.1, 0.15) is 0 Å². The number of hydrogen-bond donors (Lipinski definition) is 3. The lowest BCUT2D eigenvalue weighted by Gasteiger charge is -2.02. The fourth-order valence-corrected chi connectivity index (χ4v) is 0.650. The molecule has 4 heteroatoms. The maximum Gasteiger partial charge on any atom is 0.0635 e. The van der Waals surface area contributed by atoms with Crippen LogP contribution in [-0.4, -0.2) is 37.9 Å². The largest absolute Gasteiger partial charge is 0.395 e. The first-order valence-electron chi connectivity index (χ1n) is 3.81. The standard InChI is InChI=1S/C7H15N3O/c8-2-1-3-9-4-5-10-6-7-11/h9-11H,1,3-7H2. The van der Waals surface area contributed by atoms with E-state index in [9.17, 15) is 0 Å². The van der Waals surface area contributed by atoms with Crippen molar-refractivity contribution in [2.75, 3.05) is 32.8 Å². The zero-order valence-corrected chi connectivity index (χ0v) is 6.64. The summed E-state index contributed by atoms with van der Waals surface area (Å²) in [6.45, 7) is 3.25. The second kappa shape index (κ2) is 9.37. The molecule has 0 bridgehead atoms. The Morgan fingerprint density at radius 3 is 2.27 bits per heavy atom. The minimum absolute atomic E-state index is 0.179. The highest BCUT2D eigenvalue weighted by molar-refractivity contribution is 4.69. The smallest absolute Gasteiger partial charge is 0.0635 e. The van der Waals surface area contributed by atoms with E-state index in [4.69, 9.17) is 10.4 Å². The maximum atomic E-state index is 8.38. The zero-order valence-electron chi connectivity index (χ0n) is 6.64. The molecule has 0 aliphatic rings. The Hall–Kier alpha value is -0.630. The van der Waals surface area contributed by atoms with E-state index in [0.29, 0.717) is 13.0 Å². The van der Waals surface area contributed by atoms with Crippen molar-refractivity contribution in [3.8, 4) is 6.07 Å². The van der Waals surface area contributed by atoms with Crippen LogP contribution in [-0.2, 0) is 0 Å². The Morgan fingerprint density at radius 2 is 1.73 bits per heavy atom. The van der Waals surface area contributed by atoms with Crippen LogP contribution in [0.3, 0.4) is 0 Å². The Balaban J connectivity index is 2.75. The van der Waals surface area contributed by atoms with Gasteiger partial charge in [-0.3, -0.25) is 0 Å². The molecule has 0 atom stereocenters. The maximum absolute atomic E-state index is 8.38. The van der Waals surface area contributed by atoms with Crippen LogP contribution in [0.5, 0.6) is 0 Å². The lowest BCUT2D eigenvalue weighted by Crippen LogP contribution is -2.29. The van der Waals surface area contributed by atoms with Gasteiger partial charge in [0.2, 0.25) is 0 Å². The van der Waals surface area contributed by atoms with Crippen LogP contribution in [0.4, 0.5) is 0 Å². The van der Waals surface area contributed by atoms with E-state index in [-0.39, 0.29) is 6.61 Å². The molecule has 0 rings (SSSR count).